The van der Waals surface area contributed by atoms with E-state index in [1.54, 1.807) is 13.8 Å². The molecule has 3 saturated carbocycles. The van der Waals surface area contributed by atoms with Crippen molar-refractivity contribution in [1.29, 1.82) is 0 Å². The summed E-state index contributed by atoms with van der Waals surface area (Å²) in [6.07, 6.45) is 2.09. The zero-order chi connectivity index (χ0) is 33.6. The van der Waals surface area contributed by atoms with Gasteiger partial charge in [-0.05, 0) is 94.8 Å². The summed E-state index contributed by atoms with van der Waals surface area (Å²) in [4.78, 5) is 35.9. The molecule has 4 aliphatic rings. The van der Waals surface area contributed by atoms with E-state index in [2.05, 4.69) is 9.64 Å². The van der Waals surface area contributed by atoms with Crippen LogP contribution in [-0.2, 0) is 19.1 Å². The van der Waals surface area contributed by atoms with E-state index in [4.69, 9.17) is 4.74 Å². The number of aliphatic hydroxyl groups is 2. The molecular weight excluding hydrogens is 584 g/mol. The van der Waals surface area contributed by atoms with Gasteiger partial charge in [-0.15, -0.1) is 0 Å². The number of rotatable bonds is 7. The highest BCUT2D eigenvalue weighted by Crippen LogP contribution is 2.69. The normalized spacial score (nSPS) is 34.5. The third kappa shape index (κ3) is 7.55. The highest BCUT2D eigenvalue weighted by molar-refractivity contribution is 6.01. The van der Waals surface area contributed by atoms with Gasteiger partial charge in [-0.25, -0.2) is 8.78 Å². The fourth-order valence-electron chi connectivity index (χ4n) is 7.91. The predicted molar refractivity (Wildman–Crippen MR) is 167 cm³/mol. The fourth-order valence-corrected chi connectivity index (χ4v) is 7.91. The summed E-state index contributed by atoms with van der Waals surface area (Å²) in [5.74, 6) is -1.38. The minimum atomic E-state index is -2.10. The molecule has 2 N–H and O–H groups in total. The molecule has 0 aromatic heterocycles. The number of Topliss-reactive ketones (excluding diaryl/α,β-unsaturated/α-hetero) is 1. The molecule has 8 nitrogen and oxygen atoms in total. The molecule has 1 aromatic carbocycles. The first kappa shape index (κ1) is 36.5. The zero-order valence-electron chi connectivity index (χ0n) is 27.3. The molecule has 0 saturated heterocycles. The summed E-state index contributed by atoms with van der Waals surface area (Å²) in [5.41, 5.74) is -4.04. The van der Waals surface area contributed by atoms with Crippen molar-refractivity contribution < 1.29 is 42.9 Å². The van der Waals surface area contributed by atoms with E-state index >= 15 is 8.78 Å². The zero-order valence-corrected chi connectivity index (χ0v) is 27.3. The Morgan fingerprint density at radius 2 is 1.78 bits per heavy atom. The average molecular weight is 634 g/mol. The number of carbonyl (C=O) groups excluding carboxylic acids is 3. The number of halogens is 2. The van der Waals surface area contributed by atoms with E-state index in [0.717, 1.165) is 18.9 Å². The molecule has 0 heterocycles. The topological polar surface area (TPSA) is 113 Å². The van der Waals surface area contributed by atoms with Gasteiger partial charge in [0.2, 0.25) is 0 Å². The van der Waals surface area contributed by atoms with Crippen molar-refractivity contribution in [3.8, 4) is 5.75 Å². The Balaban J connectivity index is 0.000000254. The van der Waals surface area contributed by atoms with Crippen molar-refractivity contribution in [2.24, 2.45) is 28.6 Å². The molecule has 0 spiro atoms. The Bertz CT molecular complexity index is 1250. The monoisotopic (exact) mass is 633 g/mol. The van der Waals surface area contributed by atoms with Crippen molar-refractivity contribution in [1.82, 2.24) is 4.90 Å². The smallest absolute Gasteiger partial charge is 0.302 e. The molecule has 0 aliphatic heterocycles. The Morgan fingerprint density at radius 1 is 1.11 bits per heavy atom. The number of alkyl halides is 2. The van der Waals surface area contributed by atoms with Gasteiger partial charge in [0.1, 0.15) is 25.1 Å². The molecule has 0 bridgehead atoms. The first-order chi connectivity index (χ1) is 21.1. The van der Waals surface area contributed by atoms with Gasteiger partial charge in [0.25, 0.3) is 0 Å². The first-order valence-corrected chi connectivity index (χ1v) is 15.7. The molecule has 0 radical (unpaired) electrons. The second-order valence-electron chi connectivity index (χ2n) is 13.1. The highest BCUT2D eigenvalue weighted by atomic mass is 19.1. The number of likely N-dealkylation sites (N-methyl/N-ethyl adjacent to an activating group) is 1. The lowest BCUT2D eigenvalue weighted by Gasteiger charge is -2.62. The number of ether oxygens (including phenoxy) is 2. The van der Waals surface area contributed by atoms with E-state index in [0.29, 0.717) is 19.4 Å². The minimum absolute atomic E-state index is 0.0860. The number of ketones is 2. The minimum Gasteiger partial charge on any atom is -0.492 e. The van der Waals surface area contributed by atoms with E-state index in [1.807, 2.05) is 51.4 Å². The second-order valence-corrected chi connectivity index (χ2v) is 13.1. The summed E-state index contributed by atoms with van der Waals surface area (Å²) in [7, 11) is 4.07. The van der Waals surface area contributed by atoms with Crippen LogP contribution in [0.25, 0.3) is 0 Å². The molecule has 5 rings (SSSR count). The van der Waals surface area contributed by atoms with Crippen LogP contribution >= 0.6 is 0 Å². The number of nitrogens with zero attached hydrogens (tertiary/aromatic N) is 1. The van der Waals surface area contributed by atoms with Crippen molar-refractivity contribution in [3.05, 3.63) is 54.1 Å². The van der Waals surface area contributed by atoms with Crippen molar-refractivity contribution in [3.63, 3.8) is 0 Å². The Morgan fingerprint density at radius 3 is 2.33 bits per heavy atom. The molecule has 0 amide bonds. The van der Waals surface area contributed by atoms with Gasteiger partial charge >= 0.3 is 5.97 Å². The summed E-state index contributed by atoms with van der Waals surface area (Å²) >= 11 is 0. The molecule has 4 aliphatic carbocycles. The van der Waals surface area contributed by atoms with Crippen LogP contribution in [0.3, 0.4) is 0 Å². The van der Waals surface area contributed by atoms with Gasteiger partial charge in [0.15, 0.2) is 17.2 Å². The summed E-state index contributed by atoms with van der Waals surface area (Å²) in [6.45, 7) is 8.21. The van der Waals surface area contributed by atoms with E-state index in [1.165, 1.54) is 25.2 Å². The van der Waals surface area contributed by atoms with E-state index in [-0.39, 0.29) is 41.9 Å². The molecule has 3 fully saturated rings. The van der Waals surface area contributed by atoms with Crippen LogP contribution < -0.4 is 4.74 Å². The van der Waals surface area contributed by atoms with Gasteiger partial charge in [0.05, 0.1) is 12.7 Å². The lowest BCUT2D eigenvalue weighted by molar-refractivity contribution is -0.202. The maximum Gasteiger partial charge on any atom is 0.302 e. The highest BCUT2D eigenvalue weighted by Gasteiger charge is 2.72. The number of allylic oxidation sites excluding steroid dienone is 4. The molecule has 10 heteroatoms. The van der Waals surface area contributed by atoms with Gasteiger partial charge < -0.3 is 24.6 Å². The Hall–Kier alpha value is -2.95. The number of para-hydroxylation sites is 1. The summed E-state index contributed by atoms with van der Waals surface area (Å²) in [5, 5.41) is 20.3. The van der Waals surface area contributed by atoms with Crippen molar-refractivity contribution >= 4 is 17.5 Å². The number of esters is 1. The van der Waals surface area contributed by atoms with Crippen molar-refractivity contribution in [2.75, 3.05) is 40.5 Å². The lowest BCUT2D eigenvalue weighted by atomic mass is 9.45. The number of aliphatic hydroxyl groups excluding tert-OH is 2. The van der Waals surface area contributed by atoms with Crippen LogP contribution in [-0.4, -0.2) is 91.1 Å². The van der Waals surface area contributed by atoms with Crippen LogP contribution in [0.15, 0.2) is 54.1 Å². The van der Waals surface area contributed by atoms with Crippen LogP contribution in [0.5, 0.6) is 5.75 Å². The quantitative estimate of drug-likeness (QED) is 0.417. The number of benzene rings is 1. The van der Waals surface area contributed by atoms with Crippen molar-refractivity contribution in [2.45, 2.75) is 71.3 Å². The van der Waals surface area contributed by atoms with Crippen LogP contribution in [0.4, 0.5) is 8.78 Å². The third-order valence-electron chi connectivity index (χ3n) is 10.1. The number of hydrogen-bond acceptors (Lipinski definition) is 8. The van der Waals surface area contributed by atoms with Crippen LogP contribution in [0.1, 0.15) is 53.4 Å². The Labute approximate surface area is 265 Å². The van der Waals surface area contributed by atoms with Gasteiger partial charge in [-0.2, -0.15) is 0 Å². The molecule has 8 atom stereocenters. The second kappa shape index (κ2) is 15.1. The van der Waals surface area contributed by atoms with Crippen LogP contribution in [0.2, 0.25) is 0 Å². The van der Waals surface area contributed by atoms with Gasteiger partial charge in [0, 0.05) is 30.7 Å². The standard InChI is InChI=1S/C21H26F2O4.C10H15NO.C4H8O2/c1-19-9-18(27)21(23)14(12(19)3-4-13(19)17(26)10-24)8-16(22)15-7-11(25)5-6-20(15,21)2;1-11(2)8-9-12-10-6-4-3-5-7-10;1-3-6-4(2)5/h5-7,12-14,16,18,24,27H,3-4,8-10H2,1-2H3;3-7H,8-9H2,1-2H3;3H2,1-2H3/t12?,13?,14-,16-,18-,19-,20-,21-;;/m0../s1. The molecular formula is C35H49F2NO7. The molecule has 250 valence electrons. The Kier molecular flexibility index (Phi) is 12.2. The number of hydrogen-bond donors (Lipinski definition) is 2. The lowest BCUT2D eigenvalue weighted by Crippen LogP contribution is -2.68. The third-order valence-corrected chi connectivity index (χ3v) is 10.1. The number of fused-ring (bicyclic) bond motifs is 5. The largest absolute Gasteiger partial charge is 0.492 e. The van der Waals surface area contributed by atoms with Gasteiger partial charge in [-0.3, -0.25) is 14.4 Å². The van der Waals surface area contributed by atoms with E-state index in [9.17, 15) is 24.6 Å². The summed E-state index contributed by atoms with van der Waals surface area (Å²) in [6, 6.07) is 9.88. The fraction of sp³-hybridized carbons (Fsp3) is 0.629. The maximum atomic E-state index is 16.7. The maximum absolute atomic E-state index is 16.7. The SMILES string of the molecule is CCOC(C)=O.CN(C)CCOc1ccccc1.C[C@]12C[C@H](O)[C@@]3(F)[C@@H](C[C@H](F)C4=CC(=O)C=C[C@@]43C)C1CCC2C(=O)CO. The first-order valence-electron chi connectivity index (χ1n) is 15.7. The van der Waals surface area contributed by atoms with Gasteiger partial charge in [-0.1, -0.05) is 31.2 Å². The number of carbonyl (C=O) groups is 3. The predicted octanol–water partition coefficient (Wildman–Crippen LogP) is 4.68. The molecule has 2 unspecified atom stereocenters. The summed E-state index contributed by atoms with van der Waals surface area (Å²) < 4.78 is 41.7. The van der Waals surface area contributed by atoms with E-state index < -0.39 is 47.2 Å². The van der Waals surface area contributed by atoms with Crippen LogP contribution in [0, 0.1) is 28.6 Å². The molecule has 45 heavy (non-hydrogen) atoms. The molecule has 1 aromatic rings. The average Bonchev–Trinajstić information content (AvgIpc) is 3.32.